The topological polar surface area (TPSA) is 39.6 Å². The van der Waals surface area contributed by atoms with Gasteiger partial charge in [0.25, 0.3) is 0 Å². The average molecular weight is 265 g/mol. The molecule has 0 spiro atoms. The Hall–Kier alpha value is -1.13. The molecule has 4 heteroatoms. The quantitative estimate of drug-likeness (QED) is 0.742. The standard InChI is InChI=1S/C15H27N3O/c1-4-17(5-2)10-7-11-18(6-3)15-12-14(13-19)8-9-16-15/h8-9,12,19H,4-7,10-11,13H2,1-3H3. The van der Waals surface area contributed by atoms with E-state index in [0.29, 0.717) is 0 Å². The fourth-order valence-electron chi connectivity index (χ4n) is 2.19. The molecule has 1 aromatic rings. The van der Waals surface area contributed by atoms with E-state index in [1.165, 1.54) is 0 Å². The molecule has 0 aliphatic rings. The molecule has 0 aromatic carbocycles. The van der Waals surface area contributed by atoms with Crippen LogP contribution in [0.25, 0.3) is 0 Å². The second kappa shape index (κ2) is 8.88. The highest BCUT2D eigenvalue weighted by Gasteiger charge is 2.07. The zero-order chi connectivity index (χ0) is 14.1. The number of aromatic nitrogens is 1. The third-order valence-corrected chi connectivity index (χ3v) is 3.50. The first-order valence-corrected chi connectivity index (χ1v) is 7.28. The van der Waals surface area contributed by atoms with Gasteiger partial charge in [0.2, 0.25) is 0 Å². The molecule has 0 atom stereocenters. The number of hydrogen-bond donors (Lipinski definition) is 1. The molecule has 1 heterocycles. The first-order chi connectivity index (χ1) is 9.24. The number of nitrogens with zero attached hydrogens (tertiary/aromatic N) is 3. The van der Waals surface area contributed by atoms with Crippen LogP contribution in [0.3, 0.4) is 0 Å². The van der Waals surface area contributed by atoms with Gasteiger partial charge >= 0.3 is 0 Å². The minimum absolute atomic E-state index is 0.0759. The third kappa shape index (κ3) is 5.17. The van der Waals surface area contributed by atoms with Crippen molar-refractivity contribution in [3.63, 3.8) is 0 Å². The Bertz CT molecular complexity index is 353. The molecule has 1 aromatic heterocycles. The lowest BCUT2D eigenvalue weighted by molar-refractivity contribution is 0.281. The third-order valence-electron chi connectivity index (χ3n) is 3.50. The SMILES string of the molecule is CCN(CC)CCCN(CC)c1cc(CO)ccn1. The maximum absolute atomic E-state index is 9.18. The molecule has 1 rings (SSSR count). The second-order valence-electron chi connectivity index (χ2n) is 4.64. The Morgan fingerprint density at radius 2 is 1.84 bits per heavy atom. The second-order valence-corrected chi connectivity index (χ2v) is 4.64. The van der Waals surface area contributed by atoms with Crippen LogP contribution < -0.4 is 4.90 Å². The average Bonchev–Trinajstić information content (AvgIpc) is 2.47. The van der Waals surface area contributed by atoms with E-state index in [9.17, 15) is 5.11 Å². The lowest BCUT2D eigenvalue weighted by atomic mass is 10.2. The molecule has 0 radical (unpaired) electrons. The Balaban J connectivity index is 2.52. The summed E-state index contributed by atoms with van der Waals surface area (Å²) < 4.78 is 0. The normalized spacial score (nSPS) is 11.0. The molecule has 4 nitrogen and oxygen atoms in total. The van der Waals surface area contributed by atoms with Crippen molar-refractivity contribution in [1.29, 1.82) is 0 Å². The van der Waals surface area contributed by atoms with Crippen LogP contribution in [0.1, 0.15) is 32.8 Å². The van der Waals surface area contributed by atoms with E-state index in [4.69, 9.17) is 0 Å². The summed E-state index contributed by atoms with van der Waals surface area (Å²) in [4.78, 5) is 9.10. The van der Waals surface area contributed by atoms with E-state index >= 15 is 0 Å². The van der Waals surface area contributed by atoms with Crippen molar-refractivity contribution in [1.82, 2.24) is 9.88 Å². The van der Waals surface area contributed by atoms with Crippen LogP contribution in [-0.4, -0.2) is 47.7 Å². The number of aliphatic hydroxyl groups excluding tert-OH is 1. The van der Waals surface area contributed by atoms with Gasteiger partial charge in [-0.1, -0.05) is 13.8 Å². The highest BCUT2D eigenvalue weighted by Crippen LogP contribution is 2.13. The molecule has 0 bridgehead atoms. The summed E-state index contributed by atoms with van der Waals surface area (Å²) in [7, 11) is 0. The van der Waals surface area contributed by atoms with Gasteiger partial charge in [0.05, 0.1) is 6.61 Å². The van der Waals surface area contributed by atoms with Crippen molar-refractivity contribution in [2.24, 2.45) is 0 Å². The van der Waals surface area contributed by atoms with Gasteiger partial charge in [-0.05, 0) is 50.7 Å². The van der Waals surface area contributed by atoms with E-state index in [1.54, 1.807) is 6.20 Å². The molecule has 0 saturated carbocycles. The van der Waals surface area contributed by atoms with Gasteiger partial charge in [-0.2, -0.15) is 0 Å². The summed E-state index contributed by atoms with van der Waals surface area (Å²) in [5.74, 6) is 0.966. The number of anilines is 1. The van der Waals surface area contributed by atoms with Crippen LogP contribution in [0, 0.1) is 0 Å². The van der Waals surface area contributed by atoms with Crippen molar-refractivity contribution in [2.45, 2.75) is 33.8 Å². The van der Waals surface area contributed by atoms with Gasteiger partial charge in [-0.15, -0.1) is 0 Å². The predicted octanol–water partition coefficient (Wildman–Crippen LogP) is 2.13. The van der Waals surface area contributed by atoms with Gasteiger partial charge in [0, 0.05) is 19.3 Å². The Morgan fingerprint density at radius 1 is 1.11 bits per heavy atom. The molecule has 0 amide bonds. The molecule has 0 aliphatic carbocycles. The van der Waals surface area contributed by atoms with Crippen LogP contribution in [0.2, 0.25) is 0 Å². The molecule has 1 N–H and O–H groups in total. The summed E-state index contributed by atoms with van der Waals surface area (Å²) in [5.41, 5.74) is 0.923. The molecule has 0 saturated heterocycles. The minimum atomic E-state index is 0.0759. The fourth-order valence-corrected chi connectivity index (χ4v) is 2.19. The van der Waals surface area contributed by atoms with Crippen LogP contribution in [0.15, 0.2) is 18.3 Å². The molecule has 19 heavy (non-hydrogen) atoms. The van der Waals surface area contributed by atoms with Crippen molar-refractivity contribution < 1.29 is 5.11 Å². The van der Waals surface area contributed by atoms with Crippen molar-refractivity contribution in [2.75, 3.05) is 37.6 Å². The van der Waals surface area contributed by atoms with Crippen molar-refractivity contribution in [3.8, 4) is 0 Å². The van der Waals surface area contributed by atoms with Crippen LogP contribution >= 0.6 is 0 Å². The predicted molar refractivity (Wildman–Crippen MR) is 80.5 cm³/mol. The molecule has 0 aliphatic heterocycles. The number of hydrogen-bond acceptors (Lipinski definition) is 4. The maximum atomic E-state index is 9.18. The molecule has 108 valence electrons. The van der Waals surface area contributed by atoms with Crippen LogP contribution in [-0.2, 0) is 6.61 Å². The Morgan fingerprint density at radius 3 is 2.42 bits per heavy atom. The van der Waals surface area contributed by atoms with E-state index in [2.05, 4.69) is 35.6 Å². The van der Waals surface area contributed by atoms with Crippen molar-refractivity contribution >= 4 is 5.82 Å². The lowest BCUT2D eigenvalue weighted by Crippen LogP contribution is -2.30. The summed E-state index contributed by atoms with van der Waals surface area (Å²) in [5, 5.41) is 9.18. The fraction of sp³-hybridized carbons (Fsp3) is 0.667. The van der Waals surface area contributed by atoms with Gasteiger partial charge in [-0.25, -0.2) is 4.98 Å². The van der Waals surface area contributed by atoms with E-state index in [-0.39, 0.29) is 6.61 Å². The monoisotopic (exact) mass is 265 g/mol. The van der Waals surface area contributed by atoms with Crippen LogP contribution in [0.4, 0.5) is 5.82 Å². The zero-order valence-corrected chi connectivity index (χ0v) is 12.5. The van der Waals surface area contributed by atoms with Crippen molar-refractivity contribution in [3.05, 3.63) is 23.9 Å². The Kier molecular flexibility index (Phi) is 7.45. The maximum Gasteiger partial charge on any atom is 0.128 e. The number of pyridine rings is 1. The Labute approximate surface area is 117 Å². The highest BCUT2D eigenvalue weighted by molar-refractivity contribution is 5.40. The highest BCUT2D eigenvalue weighted by atomic mass is 16.3. The molecular formula is C15H27N3O. The molecule has 0 fully saturated rings. The number of rotatable bonds is 9. The lowest BCUT2D eigenvalue weighted by Gasteiger charge is -2.24. The first kappa shape index (κ1) is 15.9. The van der Waals surface area contributed by atoms with Gasteiger partial charge in [-0.3, -0.25) is 0 Å². The van der Waals surface area contributed by atoms with Crippen LogP contribution in [0.5, 0.6) is 0 Å². The molecule has 0 unspecified atom stereocenters. The van der Waals surface area contributed by atoms with E-state index in [1.807, 2.05) is 12.1 Å². The largest absolute Gasteiger partial charge is 0.392 e. The summed E-state index contributed by atoms with van der Waals surface area (Å²) in [6, 6.07) is 3.83. The first-order valence-electron chi connectivity index (χ1n) is 7.28. The van der Waals surface area contributed by atoms with E-state index < -0.39 is 0 Å². The van der Waals surface area contributed by atoms with Gasteiger partial charge in [0.15, 0.2) is 0 Å². The number of aliphatic hydroxyl groups is 1. The summed E-state index contributed by atoms with van der Waals surface area (Å²) >= 11 is 0. The zero-order valence-electron chi connectivity index (χ0n) is 12.5. The summed E-state index contributed by atoms with van der Waals surface area (Å²) in [6.07, 6.45) is 2.91. The smallest absolute Gasteiger partial charge is 0.128 e. The minimum Gasteiger partial charge on any atom is -0.392 e. The van der Waals surface area contributed by atoms with E-state index in [0.717, 1.165) is 50.5 Å². The summed E-state index contributed by atoms with van der Waals surface area (Å²) in [6.45, 7) is 11.9. The van der Waals surface area contributed by atoms with Gasteiger partial charge in [0.1, 0.15) is 5.82 Å². The molecular weight excluding hydrogens is 238 g/mol. The van der Waals surface area contributed by atoms with Gasteiger partial charge < -0.3 is 14.9 Å².